The first-order valence-corrected chi connectivity index (χ1v) is 14.1. The van der Waals surface area contributed by atoms with Gasteiger partial charge in [-0.25, -0.2) is 8.78 Å². The minimum Gasteiger partial charge on any atom is -0.320 e. The molecule has 1 fully saturated rings. The third-order valence-electron chi connectivity index (χ3n) is 7.01. The average molecular weight is 819 g/mol. The van der Waals surface area contributed by atoms with E-state index >= 15 is 4.39 Å². The van der Waals surface area contributed by atoms with E-state index in [0.717, 1.165) is 51.8 Å². The third kappa shape index (κ3) is 7.31. The van der Waals surface area contributed by atoms with Crippen molar-refractivity contribution in [2.24, 2.45) is 5.92 Å². The van der Waals surface area contributed by atoms with E-state index in [9.17, 15) is 66.7 Å². The Balaban J connectivity index is 1.75. The number of amides is 2. The fourth-order valence-corrected chi connectivity index (χ4v) is 5.18. The van der Waals surface area contributed by atoms with Gasteiger partial charge in [-0.3, -0.25) is 14.6 Å². The number of anilines is 2. The molecular weight excluding hydrogens is 803 g/mol. The molecule has 1 heterocycles. The minimum absolute atomic E-state index is 0.196. The molecule has 1 aliphatic rings. The van der Waals surface area contributed by atoms with Crippen LogP contribution in [0.4, 0.5) is 72.8 Å². The quantitative estimate of drug-likeness (QED) is 0.191. The second kappa shape index (κ2) is 12.6. The first kappa shape index (κ1) is 37.1. The largest absolute Gasteiger partial charge is 0.435 e. The van der Waals surface area contributed by atoms with Crippen LogP contribution in [0.25, 0.3) is 0 Å². The zero-order valence-corrected chi connectivity index (χ0v) is 25.4. The fraction of sp³-hybridized carbons (Fsp3) is 0.321. The molecule has 5 nitrogen and oxygen atoms in total. The standard InChI is InChI=1S/C28H16F14IN3O2/c29-20-15(2-1-3-18(20)46(11-12-4-5-12)23(48)13-6-7-19(44-10-13)26(34,35)36)22(47)45-21-16(25(31,32)33)8-14(9-17(21)43)24(30,27(37,38)39)28(40,41)42/h1-3,6-10,12H,4-5,11H2,(H,45,47). The fourth-order valence-electron chi connectivity index (χ4n) is 4.42. The molecule has 0 unspecified atom stereocenters. The number of halogens is 15. The summed E-state index contributed by atoms with van der Waals surface area (Å²) in [5.41, 5.74) is -16.0. The van der Waals surface area contributed by atoms with Crippen LogP contribution in [0.5, 0.6) is 0 Å². The summed E-state index contributed by atoms with van der Waals surface area (Å²) in [4.78, 5) is 30.3. The van der Waals surface area contributed by atoms with Gasteiger partial charge in [-0.1, -0.05) is 6.07 Å². The summed E-state index contributed by atoms with van der Waals surface area (Å²) in [7, 11) is 0. The lowest BCUT2D eigenvalue weighted by Gasteiger charge is -2.31. The van der Waals surface area contributed by atoms with Gasteiger partial charge in [0.05, 0.1) is 28.1 Å². The highest BCUT2D eigenvalue weighted by Gasteiger charge is 2.73. The van der Waals surface area contributed by atoms with E-state index in [1.807, 2.05) is 0 Å². The number of aromatic nitrogens is 1. The Hall–Kier alpha value is -3.72. The first-order chi connectivity index (χ1) is 21.9. The van der Waals surface area contributed by atoms with Crippen LogP contribution in [0, 0.1) is 15.3 Å². The summed E-state index contributed by atoms with van der Waals surface area (Å²) >= 11 is 0.830. The topological polar surface area (TPSA) is 62.3 Å². The Morgan fingerprint density at radius 3 is 1.94 bits per heavy atom. The molecule has 0 aliphatic heterocycles. The van der Waals surface area contributed by atoms with Gasteiger partial charge in [-0.2, -0.15) is 52.7 Å². The van der Waals surface area contributed by atoms with Gasteiger partial charge in [-0.15, -0.1) is 0 Å². The SMILES string of the molecule is O=C(Nc1c(I)cc(C(F)(C(F)(F)F)C(F)(F)F)cc1C(F)(F)F)c1cccc(N(CC2CC2)C(=O)c2ccc(C(F)(F)F)nc2)c1F. The number of alkyl halides is 13. The summed E-state index contributed by atoms with van der Waals surface area (Å²) in [5.74, 6) is -4.49. The van der Waals surface area contributed by atoms with E-state index < -0.39 is 97.0 Å². The van der Waals surface area contributed by atoms with Gasteiger partial charge in [0.1, 0.15) is 5.69 Å². The van der Waals surface area contributed by atoms with Gasteiger partial charge in [0.25, 0.3) is 11.8 Å². The molecule has 48 heavy (non-hydrogen) atoms. The monoisotopic (exact) mass is 819 g/mol. The zero-order chi connectivity index (χ0) is 36.2. The molecule has 3 aromatic rings. The third-order valence-corrected chi connectivity index (χ3v) is 7.86. The lowest BCUT2D eigenvalue weighted by atomic mass is 9.92. The second-order valence-electron chi connectivity index (χ2n) is 10.4. The molecule has 0 radical (unpaired) electrons. The Labute approximate surface area is 273 Å². The molecule has 0 spiro atoms. The summed E-state index contributed by atoms with van der Waals surface area (Å²) in [5, 5.41) is 1.59. The molecule has 1 N–H and O–H groups in total. The Morgan fingerprint density at radius 1 is 0.854 bits per heavy atom. The average Bonchev–Trinajstić information content (AvgIpc) is 3.78. The summed E-state index contributed by atoms with van der Waals surface area (Å²) in [6.07, 6.45) is -22.4. The molecular formula is C28H16F14IN3O2. The maximum Gasteiger partial charge on any atom is 0.435 e. The van der Waals surface area contributed by atoms with E-state index in [4.69, 9.17) is 0 Å². The van der Waals surface area contributed by atoms with Crippen LogP contribution in [0.1, 0.15) is 50.4 Å². The van der Waals surface area contributed by atoms with Gasteiger partial charge < -0.3 is 10.2 Å². The molecule has 2 amide bonds. The normalized spacial score (nSPS) is 14.6. The highest BCUT2D eigenvalue weighted by Crippen LogP contribution is 2.55. The maximum atomic E-state index is 15.8. The van der Waals surface area contributed by atoms with Crippen molar-refractivity contribution in [3.05, 3.63) is 86.0 Å². The van der Waals surface area contributed by atoms with Crippen molar-refractivity contribution in [3.8, 4) is 0 Å². The Kier molecular flexibility index (Phi) is 9.76. The number of pyridine rings is 1. The number of benzene rings is 2. The van der Waals surface area contributed by atoms with Crippen LogP contribution in [0.2, 0.25) is 0 Å². The van der Waals surface area contributed by atoms with Crippen LogP contribution >= 0.6 is 22.6 Å². The van der Waals surface area contributed by atoms with E-state index in [1.165, 1.54) is 0 Å². The lowest BCUT2D eigenvalue weighted by Crippen LogP contribution is -2.50. The van der Waals surface area contributed by atoms with E-state index in [2.05, 4.69) is 4.98 Å². The number of carbonyl (C=O) groups is 2. The van der Waals surface area contributed by atoms with Crippen molar-refractivity contribution < 1.29 is 71.1 Å². The lowest BCUT2D eigenvalue weighted by molar-refractivity contribution is -0.348. The molecule has 1 aromatic heterocycles. The van der Waals surface area contributed by atoms with Crippen LogP contribution < -0.4 is 10.2 Å². The summed E-state index contributed by atoms with van der Waals surface area (Å²) in [6.45, 7) is -0.206. The van der Waals surface area contributed by atoms with Gasteiger partial charge in [0.15, 0.2) is 5.82 Å². The van der Waals surface area contributed by atoms with E-state index in [0.29, 0.717) is 25.1 Å². The van der Waals surface area contributed by atoms with Gasteiger partial charge in [0, 0.05) is 21.9 Å². The van der Waals surface area contributed by atoms with Gasteiger partial charge in [0.2, 0.25) is 0 Å². The molecule has 0 atom stereocenters. The molecule has 0 bridgehead atoms. The van der Waals surface area contributed by atoms with Crippen molar-refractivity contribution in [2.75, 3.05) is 16.8 Å². The van der Waals surface area contributed by atoms with Crippen LogP contribution in [-0.4, -0.2) is 35.7 Å². The molecule has 0 saturated heterocycles. The summed E-state index contributed by atoms with van der Waals surface area (Å²) < 4.78 is 190. The molecule has 1 aliphatic carbocycles. The van der Waals surface area contributed by atoms with Crippen molar-refractivity contribution in [1.29, 1.82) is 0 Å². The van der Waals surface area contributed by atoms with Gasteiger partial charge >= 0.3 is 30.4 Å². The van der Waals surface area contributed by atoms with Crippen molar-refractivity contribution in [1.82, 2.24) is 4.98 Å². The summed E-state index contributed by atoms with van der Waals surface area (Å²) in [6, 6.07) is 2.94. The number of rotatable bonds is 7. The number of hydrogen-bond donors (Lipinski definition) is 1. The zero-order valence-electron chi connectivity index (χ0n) is 23.2. The molecule has 260 valence electrons. The van der Waals surface area contributed by atoms with Crippen molar-refractivity contribution in [3.63, 3.8) is 0 Å². The Bertz CT molecular complexity index is 1700. The molecule has 2 aromatic carbocycles. The van der Waals surface area contributed by atoms with Gasteiger partial charge in [-0.05, 0) is 77.7 Å². The van der Waals surface area contributed by atoms with Crippen LogP contribution in [0.15, 0.2) is 48.7 Å². The van der Waals surface area contributed by atoms with E-state index in [1.54, 1.807) is 5.32 Å². The minimum atomic E-state index is -6.76. The van der Waals surface area contributed by atoms with E-state index in [-0.39, 0.29) is 18.5 Å². The predicted octanol–water partition coefficient (Wildman–Crippen LogP) is 9.46. The highest BCUT2D eigenvalue weighted by atomic mass is 127. The number of nitrogens with one attached hydrogen (secondary N) is 1. The number of hydrogen-bond acceptors (Lipinski definition) is 3. The number of nitrogens with zero attached hydrogens (tertiary/aromatic N) is 2. The molecule has 20 heteroatoms. The first-order valence-electron chi connectivity index (χ1n) is 13.1. The maximum absolute atomic E-state index is 15.8. The Morgan fingerprint density at radius 2 is 1.46 bits per heavy atom. The predicted molar refractivity (Wildman–Crippen MR) is 147 cm³/mol. The van der Waals surface area contributed by atoms with Crippen LogP contribution in [-0.2, 0) is 18.0 Å². The van der Waals surface area contributed by atoms with Crippen molar-refractivity contribution >= 4 is 45.8 Å². The highest BCUT2D eigenvalue weighted by molar-refractivity contribution is 14.1. The smallest absolute Gasteiger partial charge is 0.320 e. The second-order valence-corrected chi connectivity index (χ2v) is 11.6. The number of carbonyl (C=O) groups excluding carboxylic acids is 2. The van der Waals surface area contributed by atoms with Crippen LogP contribution in [0.3, 0.4) is 0 Å². The molecule has 1 saturated carbocycles. The van der Waals surface area contributed by atoms with Crippen molar-refractivity contribution in [2.45, 2.75) is 43.2 Å². The molecule has 4 rings (SSSR count).